The van der Waals surface area contributed by atoms with Crippen LogP contribution in [0.25, 0.3) is 0 Å². The second-order valence-electron chi connectivity index (χ2n) is 8.26. The van der Waals surface area contributed by atoms with Crippen LogP contribution in [0.15, 0.2) is 54.7 Å². The lowest BCUT2D eigenvalue weighted by atomic mass is 9.93. The van der Waals surface area contributed by atoms with Crippen molar-refractivity contribution in [3.63, 3.8) is 0 Å². The van der Waals surface area contributed by atoms with Crippen molar-refractivity contribution in [2.75, 3.05) is 11.9 Å². The summed E-state index contributed by atoms with van der Waals surface area (Å²) >= 11 is 0. The van der Waals surface area contributed by atoms with E-state index in [1.54, 1.807) is 12.3 Å². The molecular weight excluding hydrogens is 396 g/mol. The Morgan fingerprint density at radius 3 is 2.48 bits per heavy atom. The van der Waals surface area contributed by atoms with Gasteiger partial charge in [0.2, 0.25) is 5.91 Å². The van der Waals surface area contributed by atoms with Crippen molar-refractivity contribution in [3.05, 3.63) is 71.4 Å². The first-order valence-corrected chi connectivity index (χ1v) is 10.0. The average molecular weight is 425 g/mol. The van der Waals surface area contributed by atoms with Crippen LogP contribution in [0.3, 0.4) is 0 Å². The highest BCUT2D eigenvalue weighted by Gasteiger charge is 2.20. The number of aliphatic hydroxyl groups excluding tert-OH is 1. The van der Waals surface area contributed by atoms with Gasteiger partial charge in [0.25, 0.3) is 0 Å². The number of aliphatic hydroxyl groups is 1. The highest BCUT2D eigenvalue weighted by atomic mass is 16.3. The molecule has 1 atom stereocenters. The third kappa shape index (κ3) is 6.84. The average Bonchev–Trinajstić information content (AvgIpc) is 3.18. The van der Waals surface area contributed by atoms with Gasteiger partial charge in [-0.2, -0.15) is 5.10 Å². The molecule has 3 rings (SSSR count). The van der Waals surface area contributed by atoms with E-state index >= 15 is 0 Å². The van der Waals surface area contributed by atoms with E-state index in [9.17, 15) is 20.1 Å². The minimum Gasteiger partial charge on any atom is -0.508 e. The smallest absolute Gasteiger partial charge is 0.229 e. The lowest BCUT2D eigenvalue weighted by molar-refractivity contribution is -0.115. The number of rotatable bonds is 9. The number of phenols is 2. The zero-order valence-corrected chi connectivity index (χ0v) is 17.6. The second kappa shape index (κ2) is 9.63. The number of aromatic hydroxyl groups is 2. The maximum absolute atomic E-state index is 12.2. The summed E-state index contributed by atoms with van der Waals surface area (Å²) in [6.45, 7) is 4.30. The minimum absolute atomic E-state index is 0.0957. The van der Waals surface area contributed by atoms with E-state index in [2.05, 4.69) is 20.8 Å². The Hall–Kier alpha value is -3.36. The number of carbonyl (C=O) groups excluding carboxylic acids is 1. The molecule has 1 aromatic heterocycles. The molecule has 6 N–H and O–H groups in total. The van der Waals surface area contributed by atoms with E-state index in [0.29, 0.717) is 17.8 Å². The summed E-state index contributed by atoms with van der Waals surface area (Å²) in [6.07, 6.45) is 1.63. The molecule has 0 bridgehead atoms. The number of nitrogens with zero attached hydrogens (tertiary/aromatic N) is 1. The van der Waals surface area contributed by atoms with Crippen molar-refractivity contribution in [1.29, 1.82) is 0 Å². The third-order valence-electron chi connectivity index (χ3n) is 4.86. The Labute approximate surface area is 181 Å². The van der Waals surface area contributed by atoms with Gasteiger partial charge in [-0.15, -0.1) is 0 Å². The molecule has 0 aliphatic heterocycles. The van der Waals surface area contributed by atoms with Crippen LogP contribution >= 0.6 is 0 Å². The molecule has 8 nitrogen and oxygen atoms in total. The summed E-state index contributed by atoms with van der Waals surface area (Å²) in [7, 11) is 0. The summed E-state index contributed by atoms with van der Waals surface area (Å²) < 4.78 is 0. The first kappa shape index (κ1) is 22.3. The molecule has 31 heavy (non-hydrogen) atoms. The maximum atomic E-state index is 12.2. The number of hydrogen-bond donors (Lipinski definition) is 6. The number of hydrogen-bond acceptors (Lipinski definition) is 6. The van der Waals surface area contributed by atoms with Crippen molar-refractivity contribution in [2.45, 2.75) is 38.3 Å². The zero-order valence-electron chi connectivity index (χ0n) is 17.6. The third-order valence-corrected chi connectivity index (χ3v) is 4.86. The number of amides is 1. The lowest BCUT2D eigenvalue weighted by Crippen LogP contribution is -2.43. The number of anilines is 1. The van der Waals surface area contributed by atoms with Crippen LogP contribution in [0.2, 0.25) is 0 Å². The number of aromatic amines is 1. The number of β-amino-alcohol motifs (C(OH)–C–C–N with tert-alkyl or cyclic N) is 1. The molecule has 8 heteroatoms. The van der Waals surface area contributed by atoms with Gasteiger partial charge in [0.05, 0.1) is 18.7 Å². The fourth-order valence-corrected chi connectivity index (χ4v) is 3.43. The minimum atomic E-state index is -0.880. The second-order valence-corrected chi connectivity index (χ2v) is 8.26. The number of aromatic nitrogens is 2. The van der Waals surface area contributed by atoms with E-state index in [-0.39, 0.29) is 35.9 Å². The fraction of sp³-hybridized carbons (Fsp3) is 0.304. The summed E-state index contributed by atoms with van der Waals surface area (Å²) in [6, 6.07) is 13.6. The molecule has 0 aliphatic rings. The standard InChI is InChI=1S/C23H28N4O4/c1-23(2,24-14-20(30)17-10-18(28)12-19(29)11-17)13-16-5-3-4-15(8-16)9-22(31)26-21-6-7-25-27-21/h3-8,10-12,20,24,28-30H,9,13-14H2,1-2H3,(H2,25,26,27,31). The zero-order chi connectivity index (χ0) is 22.4. The van der Waals surface area contributed by atoms with Gasteiger partial charge < -0.3 is 26.0 Å². The summed E-state index contributed by atoms with van der Waals surface area (Å²) in [4.78, 5) is 12.2. The first-order chi connectivity index (χ1) is 14.7. The normalized spacial score (nSPS) is 12.5. The highest BCUT2D eigenvalue weighted by Crippen LogP contribution is 2.25. The van der Waals surface area contributed by atoms with Crippen LogP contribution < -0.4 is 10.6 Å². The molecule has 164 valence electrons. The van der Waals surface area contributed by atoms with Gasteiger partial charge in [-0.05, 0) is 49.1 Å². The molecule has 1 unspecified atom stereocenters. The maximum Gasteiger partial charge on any atom is 0.229 e. The number of nitrogens with one attached hydrogen (secondary N) is 3. The number of benzene rings is 2. The number of H-pyrrole nitrogens is 1. The predicted octanol–water partition coefficient (Wildman–Crippen LogP) is 2.65. The van der Waals surface area contributed by atoms with Gasteiger partial charge in [0.15, 0.2) is 0 Å². The summed E-state index contributed by atoms with van der Waals surface area (Å²) in [5.41, 5.74) is 2.07. The topological polar surface area (TPSA) is 130 Å². The van der Waals surface area contributed by atoms with Gasteiger partial charge in [-0.1, -0.05) is 24.3 Å². The van der Waals surface area contributed by atoms with Crippen molar-refractivity contribution in [1.82, 2.24) is 15.5 Å². The van der Waals surface area contributed by atoms with E-state index in [0.717, 1.165) is 11.1 Å². The molecule has 0 radical (unpaired) electrons. The van der Waals surface area contributed by atoms with Crippen LogP contribution in [0.1, 0.15) is 36.6 Å². The largest absolute Gasteiger partial charge is 0.508 e. The van der Waals surface area contributed by atoms with Crippen LogP contribution in [-0.2, 0) is 17.6 Å². The lowest BCUT2D eigenvalue weighted by Gasteiger charge is -2.28. The van der Waals surface area contributed by atoms with E-state index in [1.165, 1.54) is 18.2 Å². The molecule has 0 fully saturated rings. The quantitative estimate of drug-likeness (QED) is 0.313. The van der Waals surface area contributed by atoms with Crippen LogP contribution in [0, 0.1) is 0 Å². The first-order valence-electron chi connectivity index (χ1n) is 10.0. The predicted molar refractivity (Wildman–Crippen MR) is 118 cm³/mol. The Morgan fingerprint density at radius 1 is 1.10 bits per heavy atom. The van der Waals surface area contributed by atoms with Gasteiger partial charge >= 0.3 is 0 Å². The Kier molecular flexibility index (Phi) is 6.94. The van der Waals surface area contributed by atoms with Gasteiger partial charge in [0, 0.05) is 24.2 Å². The van der Waals surface area contributed by atoms with Crippen molar-refractivity contribution in [2.24, 2.45) is 0 Å². The molecule has 0 saturated heterocycles. The molecule has 1 heterocycles. The molecule has 1 amide bonds. The van der Waals surface area contributed by atoms with E-state index in [4.69, 9.17) is 0 Å². The van der Waals surface area contributed by atoms with Crippen LogP contribution in [0.4, 0.5) is 5.82 Å². The summed E-state index contributed by atoms with van der Waals surface area (Å²) in [5, 5.41) is 42.2. The van der Waals surface area contributed by atoms with Crippen LogP contribution in [-0.4, -0.2) is 43.5 Å². The molecule has 2 aromatic carbocycles. The Morgan fingerprint density at radius 2 is 1.81 bits per heavy atom. The van der Waals surface area contributed by atoms with Gasteiger partial charge in [-0.25, -0.2) is 0 Å². The van der Waals surface area contributed by atoms with E-state index < -0.39 is 6.10 Å². The monoisotopic (exact) mass is 424 g/mol. The van der Waals surface area contributed by atoms with Crippen molar-refractivity contribution >= 4 is 11.7 Å². The SMILES string of the molecule is CC(C)(Cc1cccc(CC(=O)Nc2ccn[nH]2)c1)NCC(O)c1cc(O)cc(O)c1. The van der Waals surface area contributed by atoms with Crippen molar-refractivity contribution in [3.8, 4) is 11.5 Å². The molecular formula is C23H28N4O4. The Bertz CT molecular complexity index is 998. The highest BCUT2D eigenvalue weighted by molar-refractivity contribution is 5.91. The van der Waals surface area contributed by atoms with Gasteiger partial charge in [0.1, 0.15) is 17.3 Å². The van der Waals surface area contributed by atoms with E-state index in [1.807, 2.05) is 38.1 Å². The van der Waals surface area contributed by atoms with Crippen molar-refractivity contribution < 1.29 is 20.1 Å². The Balaban J connectivity index is 1.56. The number of carbonyl (C=O) groups is 1. The van der Waals surface area contributed by atoms with Gasteiger partial charge in [-0.3, -0.25) is 9.89 Å². The summed E-state index contributed by atoms with van der Waals surface area (Å²) in [5.74, 6) is 0.241. The molecule has 0 saturated carbocycles. The fourth-order valence-electron chi connectivity index (χ4n) is 3.43. The molecule has 0 spiro atoms. The molecule has 3 aromatic rings. The molecule has 0 aliphatic carbocycles. The number of phenolic OH excluding ortho intramolecular Hbond substituents is 2. The van der Waals surface area contributed by atoms with Crippen LogP contribution in [0.5, 0.6) is 11.5 Å².